The second kappa shape index (κ2) is 8.63. The number of carbonyl (C=O) groups excluding carboxylic acids is 1. The molecule has 0 unspecified atom stereocenters. The number of nitrogen functional groups attached to an aromatic ring is 1. The van der Waals surface area contributed by atoms with E-state index in [0.717, 1.165) is 5.56 Å². The van der Waals surface area contributed by atoms with Gasteiger partial charge in [-0.25, -0.2) is 4.98 Å². The van der Waals surface area contributed by atoms with E-state index in [0.29, 0.717) is 23.4 Å². The van der Waals surface area contributed by atoms with Crippen molar-refractivity contribution in [1.29, 1.82) is 0 Å². The van der Waals surface area contributed by atoms with Gasteiger partial charge in [-0.3, -0.25) is 14.9 Å². The molecule has 3 N–H and O–H groups in total. The lowest BCUT2D eigenvalue weighted by atomic mass is 10.2. The van der Waals surface area contributed by atoms with Crippen LogP contribution >= 0.6 is 0 Å². The SMILES string of the molecule is Nc1ncccc1C(=O)NCc1ccc(OCc2ccccc2[N+](=O)[O-])cc1. The molecule has 0 saturated heterocycles. The number of para-hydroxylation sites is 1. The molecular weight excluding hydrogens is 360 g/mol. The van der Waals surface area contributed by atoms with E-state index in [9.17, 15) is 14.9 Å². The van der Waals surface area contributed by atoms with Gasteiger partial charge < -0.3 is 15.8 Å². The van der Waals surface area contributed by atoms with E-state index in [1.807, 2.05) is 12.1 Å². The smallest absolute Gasteiger partial charge is 0.276 e. The lowest BCUT2D eigenvalue weighted by Gasteiger charge is -2.09. The van der Waals surface area contributed by atoms with Gasteiger partial charge in [-0.05, 0) is 35.9 Å². The fraction of sp³-hybridized carbons (Fsp3) is 0.100. The van der Waals surface area contributed by atoms with Gasteiger partial charge in [-0.1, -0.05) is 24.3 Å². The monoisotopic (exact) mass is 378 g/mol. The number of nitro benzene ring substituents is 1. The number of pyridine rings is 1. The maximum atomic E-state index is 12.1. The topological polar surface area (TPSA) is 120 Å². The fourth-order valence-corrected chi connectivity index (χ4v) is 2.56. The van der Waals surface area contributed by atoms with Gasteiger partial charge >= 0.3 is 0 Å². The zero-order valence-corrected chi connectivity index (χ0v) is 14.9. The summed E-state index contributed by atoms with van der Waals surface area (Å²) in [5, 5.41) is 13.8. The zero-order chi connectivity index (χ0) is 19.9. The van der Waals surface area contributed by atoms with Crippen LogP contribution in [-0.4, -0.2) is 15.8 Å². The quantitative estimate of drug-likeness (QED) is 0.481. The largest absolute Gasteiger partial charge is 0.489 e. The average Bonchev–Trinajstić information content (AvgIpc) is 2.71. The van der Waals surface area contributed by atoms with E-state index in [1.165, 1.54) is 12.3 Å². The van der Waals surface area contributed by atoms with Crippen molar-refractivity contribution >= 4 is 17.4 Å². The molecule has 142 valence electrons. The number of nitrogens with two attached hydrogens (primary N) is 1. The van der Waals surface area contributed by atoms with Gasteiger partial charge in [0.1, 0.15) is 18.2 Å². The molecule has 0 radical (unpaired) electrons. The minimum atomic E-state index is -0.431. The average molecular weight is 378 g/mol. The van der Waals surface area contributed by atoms with E-state index in [4.69, 9.17) is 10.5 Å². The summed E-state index contributed by atoms with van der Waals surface area (Å²) in [7, 11) is 0. The number of nitrogens with one attached hydrogen (secondary N) is 1. The number of hydrogen-bond donors (Lipinski definition) is 2. The number of rotatable bonds is 7. The highest BCUT2D eigenvalue weighted by atomic mass is 16.6. The Morgan fingerprint density at radius 1 is 1.11 bits per heavy atom. The van der Waals surface area contributed by atoms with Gasteiger partial charge in [0.15, 0.2) is 0 Å². The molecule has 3 rings (SSSR count). The van der Waals surface area contributed by atoms with Crippen molar-refractivity contribution in [2.75, 3.05) is 5.73 Å². The lowest BCUT2D eigenvalue weighted by Crippen LogP contribution is -2.24. The number of benzene rings is 2. The molecule has 0 bridgehead atoms. The second-order valence-electron chi connectivity index (χ2n) is 5.94. The van der Waals surface area contributed by atoms with Crippen molar-refractivity contribution < 1.29 is 14.5 Å². The van der Waals surface area contributed by atoms with E-state index in [1.54, 1.807) is 42.5 Å². The summed E-state index contributed by atoms with van der Waals surface area (Å²) >= 11 is 0. The molecule has 3 aromatic rings. The van der Waals surface area contributed by atoms with E-state index >= 15 is 0 Å². The number of nitrogens with zero attached hydrogens (tertiary/aromatic N) is 2. The van der Waals surface area contributed by atoms with Crippen LogP contribution in [0.15, 0.2) is 66.9 Å². The molecular formula is C20H18N4O4. The Morgan fingerprint density at radius 3 is 2.57 bits per heavy atom. The van der Waals surface area contributed by atoms with Crippen LogP contribution in [0.2, 0.25) is 0 Å². The van der Waals surface area contributed by atoms with Crippen molar-refractivity contribution in [2.45, 2.75) is 13.2 Å². The van der Waals surface area contributed by atoms with Crippen LogP contribution in [0.4, 0.5) is 11.5 Å². The molecule has 0 saturated carbocycles. The highest BCUT2D eigenvalue weighted by Gasteiger charge is 2.13. The molecule has 0 aliphatic rings. The first kappa shape index (κ1) is 18.8. The van der Waals surface area contributed by atoms with Crippen LogP contribution < -0.4 is 15.8 Å². The highest BCUT2D eigenvalue weighted by Crippen LogP contribution is 2.20. The Labute approximate surface area is 161 Å². The number of anilines is 1. The molecule has 0 aliphatic carbocycles. The predicted octanol–water partition coefficient (Wildman–Crippen LogP) is 3.08. The normalized spacial score (nSPS) is 10.3. The van der Waals surface area contributed by atoms with Crippen LogP contribution in [0, 0.1) is 10.1 Å². The summed E-state index contributed by atoms with van der Waals surface area (Å²) in [5.41, 5.74) is 7.41. The van der Waals surface area contributed by atoms with Gasteiger partial charge in [-0.2, -0.15) is 0 Å². The maximum Gasteiger partial charge on any atom is 0.276 e. The van der Waals surface area contributed by atoms with Crippen molar-refractivity contribution in [3.63, 3.8) is 0 Å². The summed E-state index contributed by atoms with van der Waals surface area (Å²) in [6, 6.07) is 16.8. The van der Waals surface area contributed by atoms with Gasteiger partial charge in [0.05, 0.1) is 16.1 Å². The third kappa shape index (κ3) is 4.61. The van der Waals surface area contributed by atoms with Crippen molar-refractivity contribution in [3.8, 4) is 5.75 Å². The molecule has 8 heteroatoms. The lowest BCUT2D eigenvalue weighted by molar-refractivity contribution is -0.385. The Kier molecular flexibility index (Phi) is 5.81. The van der Waals surface area contributed by atoms with Gasteiger partial charge in [0, 0.05) is 18.8 Å². The fourth-order valence-electron chi connectivity index (χ4n) is 2.56. The number of nitro groups is 1. The molecule has 1 aromatic heterocycles. The number of amides is 1. The summed E-state index contributed by atoms with van der Waals surface area (Å²) < 4.78 is 5.63. The van der Waals surface area contributed by atoms with Gasteiger partial charge in [-0.15, -0.1) is 0 Å². The summed E-state index contributed by atoms with van der Waals surface area (Å²) in [6.45, 7) is 0.408. The Balaban J connectivity index is 1.56. The molecule has 0 aliphatic heterocycles. The predicted molar refractivity (Wildman–Crippen MR) is 104 cm³/mol. The van der Waals surface area contributed by atoms with Crippen molar-refractivity contribution in [1.82, 2.24) is 10.3 Å². The van der Waals surface area contributed by atoms with Crippen LogP contribution in [0.5, 0.6) is 5.75 Å². The number of aromatic nitrogens is 1. The molecule has 28 heavy (non-hydrogen) atoms. The van der Waals surface area contributed by atoms with Crippen molar-refractivity contribution in [2.24, 2.45) is 0 Å². The van der Waals surface area contributed by atoms with Crippen LogP contribution in [0.3, 0.4) is 0 Å². The number of hydrogen-bond acceptors (Lipinski definition) is 6. The van der Waals surface area contributed by atoms with E-state index in [-0.39, 0.29) is 24.0 Å². The van der Waals surface area contributed by atoms with E-state index < -0.39 is 4.92 Å². The Hall–Kier alpha value is -3.94. The Bertz CT molecular complexity index is 990. The Morgan fingerprint density at radius 2 is 1.86 bits per heavy atom. The third-order valence-corrected chi connectivity index (χ3v) is 4.04. The van der Waals surface area contributed by atoms with Gasteiger partial charge in [0.2, 0.25) is 0 Å². The molecule has 1 amide bonds. The maximum absolute atomic E-state index is 12.1. The minimum absolute atomic E-state index is 0.0245. The molecule has 0 atom stereocenters. The first-order valence-corrected chi connectivity index (χ1v) is 8.47. The first-order chi connectivity index (χ1) is 13.5. The standard InChI is InChI=1S/C20H18N4O4/c21-19-17(5-3-11-22-19)20(25)23-12-14-7-9-16(10-8-14)28-13-15-4-1-2-6-18(15)24(26)27/h1-11H,12-13H2,(H2,21,22)(H,23,25). The van der Waals surface area contributed by atoms with E-state index in [2.05, 4.69) is 10.3 Å². The van der Waals surface area contributed by atoms with Gasteiger partial charge in [0.25, 0.3) is 11.6 Å². The summed E-state index contributed by atoms with van der Waals surface area (Å²) in [6.07, 6.45) is 1.52. The summed E-state index contributed by atoms with van der Waals surface area (Å²) in [4.78, 5) is 26.6. The molecule has 8 nitrogen and oxygen atoms in total. The van der Waals surface area contributed by atoms with Crippen LogP contribution in [-0.2, 0) is 13.2 Å². The van der Waals surface area contributed by atoms with Crippen LogP contribution in [0.25, 0.3) is 0 Å². The first-order valence-electron chi connectivity index (χ1n) is 8.47. The second-order valence-corrected chi connectivity index (χ2v) is 5.94. The molecule has 0 fully saturated rings. The number of carbonyl (C=O) groups is 1. The zero-order valence-electron chi connectivity index (χ0n) is 14.9. The molecule has 1 heterocycles. The highest BCUT2D eigenvalue weighted by molar-refractivity contribution is 5.98. The number of ether oxygens (including phenoxy) is 1. The third-order valence-electron chi connectivity index (χ3n) is 4.04. The van der Waals surface area contributed by atoms with Crippen LogP contribution in [0.1, 0.15) is 21.5 Å². The van der Waals surface area contributed by atoms with Crippen molar-refractivity contribution in [3.05, 3.63) is 93.7 Å². The summed E-state index contributed by atoms with van der Waals surface area (Å²) in [5.74, 6) is 0.450. The minimum Gasteiger partial charge on any atom is -0.489 e. The molecule has 2 aromatic carbocycles. The molecule has 0 spiro atoms.